The second-order valence-electron chi connectivity index (χ2n) is 4.69. The maximum atomic E-state index is 5.23. The molecule has 104 valence electrons. The number of nitrogens with zero attached hydrogens (tertiary/aromatic N) is 3. The number of aromatic nitrogens is 4. The Hall–Kier alpha value is -2.21. The number of aromatic amines is 1. The first-order valence-electron chi connectivity index (χ1n) is 6.75. The van der Waals surface area contributed by atoms with Crippen LogP contribution in [0.15, 0.2) is 28.8 Å². The number of para-hydroxylation sites is 2. The first-order valence-corrected chi connectivity index (χ1v) is 6.75. The fourth-order valence-corrected chi connectivity index (χ4v) is 2.12. The van der Waals surface area contributed by atoms with E-state index in [1.807, 2.05) is 31.3 Å². The van der Waals surface area contributed by atoms with Gasteiger partial charge in [-0.15, -0.1) is 0 Å². The Kier molecular flexibility index (Phi) is 3.73. The predicted molar refractivity (Wildman–Crippen MR) is 75.4 cm³/mol. The smallest absolute Gasteiger partial charge is 0.226 e. The number of imidazole rings is 1. The van der Waals surface area contributed by atoms with Gasteiger partial charge in [0.1, 0.15) is 5.82 Å². The molecule has 6 heteroatoms. The van der Waals surface area contributed by atoms with Crippen LogP contribution >= 0.6 is 0 Å². The van der Waals surface area contributed by atoms with Gasteiger partial charge in [-0.2, -0.15) is 4.98 Å². The molecule has 0 amide bonds. The lowest BCUT2D eigenvalue weighted by atomic mass is 10.3. The Balaban J connectivity index is 1.68. The molecule has 0 radical (unpaired) electrons. The fourth-order valence-electron chi connectivity index (χ4n) is 2.12. The summed E-state index contributed by atoms with van der Waals surface area (Å²) < 4.78 is 5.23. The molecule has 0 saturated heterocycles. The zero-order valence-electron chi connectivity index (χ0n) is 11.4. The highest BCUT2D eigenvalue weighted by atomic mass is 16.5. The van der Waals surface area contributed by atoms with Gasteiger partial charge in [0, 0.05) is 6.42 Å². The lowest BCUT2D eigenvalue weighted by Gasteiger charge is -1.93. The summed E-state index contributed by atoms with van der Waals surface area (Å²) in [4.78, 5) is 12.2. The van der Waals surface area contributed by atoms with E-state index < -0.39 is 0 Å². The Bertz CT molecular complexity index is 655. The lowest BCUT2D eigenvalue weighted by Crippen LogP contribution is -2.08. The summed E-state index contributed by atoms with van der Waals surface area (Å²) in [6, 6.07) is 7.94. The van der Waals surface area contributed by atoms with Crippen LogP contribution in [0.1, 0.15) is 24.0 Å². The minimum atomic E-state index is 0.560. The van der Waals surface area contributed by atoms with Crippen molar-refractivity contribution in [2.75, 3.05) is 13.6 Å². The highest BCUT2D eigenvalue weighted by molar-refractivity contribution is 5.74. The van der Waals surface area contributed by atoms with E-state index in [0.717, 1.165) is 36.2 Å². The van der Waals surface area contributed by atoms with E-state index in [4.69, 9.17) is 4.52 Å². The number of H-pyrrole nitrogens is 1. The van der Waals surface area contributed by atoms with Crippen molar-refractivity contribution in [3.8, 4) is 0 Å². The van der Waals surface area contributed by atoms with E-state index in [1.165, 1.54) is 0 Å². The molecule has 0 atom stereocenters. The molecule has 20 heavy (non-hydrogen) atoms. The quantitative estimate of drug-likeness (QED) is 0.667. The minimum Gasteiger partial charge on any atom is -0.342 e. The van der Waals surface area contributed by atoms with Crippen LogP contribution in [0.25, 0.3) is 11.0 Å². The highest BCUT2D eigenvalue weighted by Crippen LogP contribution is 2.12. The molecule has 2 heterocycles. The summed E-state index contributed by atoms with van der Waals surface area (Å²) in [5.74, 6) is 2.21. The minimum absolute atomic E-state index is 0.560. The van der Waals surface area contributed by atoms with Crippen molar-refractivity contribution in [1.82, 2.24) is 25.4 Å². The molecule has 0 spiro atoms. The monoisotopic (exact) mass is 271 g/mol. The number of fused-ring (bicyclic) bond motifs is 1. The molecule has 0 saturated carbocycles. The van der Waals surface area contributed by atoms with E-state index in [2.05, 4.69) is 25.4 Å². The van der Waals surface area contributed by atoms with E-state index in [1.54, 1.807) is 0 Å². The van der Waals surface area contributed by atoms with Gasteiger partial charge in [0.25, 0.3) is 0 Å². The summed E-state index contributed by atoms with van der Waals surface area (Å²) in [6.07, 6.45) is 2.35. The van der Waals surface area contributed by atoms with Crippen LogP contribution in [0, 0.1) is 0 Å². The average molecular weight is 271 g/mol. The summed E-state index contributed by atoms with van der Waals surface area (Å²) in [5, 5.41) is 7.09. The molecule has 6 nitrogen and oxygen atoms in total. The zero-order valence-corrected chi connectivity index (χ0v) is 11.4. The summed E-state index contributed by atoms with van der Waals surface area (Å²) in [5.41, 5.74) is 1.99. The Morgan fingerprint density at radius 2 is 2.15 bits per heavy atom. The predicted octanol–water partition coefficient (Wildman–Crippen LogP) is 1.69. The molecule has 0 aliphatic carbocycles. The second-order valence-corrected chi connectivity index (χ2v) is 4.69. The van der Waals surface area contributed by atoms with Gasteiger partial charge in [-0.3, -0.25) is 0 Å². The van der Waals surface area contributed by atoms with Crippen LogP contribution in [-0.2, 0) is 12.8 Å². The molecule has 0 bridgehead atoms. The molecule has 0 aliphatic heterocycles. The van der Waals surface area contributed by atoms with E-state index in [0.29, 0.717) is 18.1 Å². The molecule has 2 N–H and O–H groups in total. The molecule has 0 unspecified atom stereocenters. The molecule has 1 aromatic carbocycles. The van der Waals surface area contributed by atoms with Gasteiger partial charge in [0.05, 0.1) is 17.5 Å². The molecule has 0 aliphatic rings. The zero-order chi connectivity index (χ0) is 13.8. The van der Waals surface area contributed by atoms with Crippen molar-refractivity contribution >= 4 is 11.0 Å². The maximum Gasteiger partial charge on any atom is 0.226 e. The van der Waals surface area contributed by atoms with Gasteiger partial charge in [-0.1, -0.05) is 17.3 Å². The summed E-state index contributed by atoms with van der Waals surface area (Å²) >= 11 is 0. The number of hydrogen-bond donors (Lipinski definition) is 2. The molecular weight excluding hydrogens is 254 g/mol. The number of aryl methyl sites for hydroxylation is 1. The van der Waals surface area contributed by atoms with E-state index >= 15 is 0 Å². The van der Waals surface area contributed by atoms with Crippen molar-refractivity contribution in [3.05, 3.63) is 41.8 Å². The van der Waals surface area contributed by atoms with E-state index in [9.17, 15) is 0 Å². The number of nitrogens with one attached hydrogen (secondary N) is 2. The third-order valence-electron chi connectivity index (χ3n) is 3.09. The third kappa shape index (κ3) is 2.85. The van der Waals surface area contributed by atoms with Gasteiger partial charge in [-0.05, 0) is 32.1 Å². The Labute approximate surface area is 116 Å². The van der Waals surface area contributed by atoms with Gasteiger partial charge in [0.2, 0.25) is 5.89 Å². The summed E-state index contributed by atoms with van der Waals surface area (Å²) in [6.45, 7) is 0.946. The first-order chi connectivity index (χ1) is 9.85. The lowest BCUT2D eigenvalue weighted by molar-refractivity contribution is 0.370. The molecule has 3 aromatic rings. The fraction of sp³-hybridized carbons (Fsp3) is 0.357. The van der Waals surface area contributed by atoms with Crippen LogP contribution < -0.4 is 5.32 Å². The molecule has 3 rings (SSSR count). The van der Waals surface area contributed by atoms with Crippen molar-refractivity contribution < 1.29 is 4.52 Å². The number of hydrogen-bond acceptors (Lipinski definition) is 5. The SMILES string of the molecule is CNCCCc1nc(Cc2nc3ccccc3[nH]2)no1. The van der Waals surface area contributed by atoms with Gasteiger partial charge < -0.3 is 14.8 Å². The van der Waals surface area contributed by atoms with Crippen LogP contribution in [0.3, 0.4) is 0 Å². The van der Waals surface area contributed by atoms with E-state index in [-0.39, 0.29) is 0 Å². The Morgan fingerprint density at radius 3 is 3.00 bits per heavy atom. The van der Waals surface area contributed by atoms with Crippen molar-refractivity contribution in [3.63, 3.8) is 0 Å². The van der Waals surface area contributed by atoms with Crippen molar-refractivity contribution in [2.45, 2.75) is 19.3 Å². The number of benzene rings is 1. The largest absolute Gasteiger partial charge is 0.342 e. The topological polar surface area (TPSA) is 79.6 Å². The Morgan fingerprint density at radius 1 is 1.25 bits per heavy atom. The van der Waals surface area contributed by atoms with Gasteiger partial charge >= 0.3 is 0 Å². The molecular formula is C14H17N5O. The normalized spacial score (nSPS) is 11.2. The maximum absolute atomic E-state index is 5.23. The average Bonchev–Trinajstić information content (AvgIpc) is 3.05. The molecule has 2 aromatic heterocycles. The second kappa shape index (κ2) is 5.83. The number of rotatable bonds is 6. The highest BCUT2D eigenvalue weighted by Gasteiger charge is 2.09. The van der Waals surface area contributed by atoms with Crippen molar-refractivity contribution in [1.29, 1.82) is 0 Å². The first kappa shape index (κ1) is 12.8. The summed E-state index contributed by atoms with van der Waals surface area (Å²) in [7, 11) is 1.93. The third-order valence-corrected chi connectivity index (χ3v) is 3.09. The van der Waals surface area contributed by atoms with Gasteiger partial charge in [-0.25, -0.2) is 4.98 Å². The van der Waals surface area contributed by atoms with Crippen LogP contribution in [0.5, 0.6) is 0 Å². The van der Waals surface area contributed by atoms with Gasteiger partial charge in [0.15, 0.2) is 5.82 Å². The van der Waals surface area contributed by atoms with Crippen LogP contribution in [0.4, 0.5) is 0 Å². The molecule has 0 fully saturated rings. The van der Waals surface area contributed by atoms with Crippen LogP contribution in [-0.4, -0.2) is 33.7 Å². The standard InChI is InChI=1S/C14H17N5O/c1-15-8-4-7-14-18-13(19-20-14)9-12-16-10-5-2-3-6-11(10)17-12/h2-3,5-6,15H,4,7-9H2,1H3,(H,16,17). The van der Waals surface area contributed by atoms with Crippen LogP contribution in [0.2, 0.25) is 0 Å². The van der Waals surface area contributed by atoms with Crippen molar-refractivity contribution in [2.24, 2.45) is 0 Å².